The number of unbranched alkanes of at least 4 members (excludes halogenated alkanes) is 1. The molecule has 1 aliphatic carbocycles. The summed E-state index contributed by atoms with van der Waals surface area (Å²) >= 11 is 0. The molecule has 0 aromatic carbocycles. The van der Waals surface area contributed by atoms with E-state index in [1.165, 1.54) is 0 Å². The third-order valence-corrected chi connectivity index (χ3v) is 3.02. The Labute approximate surface area is 89.9 Å². The van der Waals surface area contributed by atoms with Crippen molar-refractivity contribution in [3.05, 3.63) is 0 Å². The van der Waals surface area contributed by atoms with E-state index in [-0.39, 0.29) is 24.0 Å². The van der Waals surface area contributed by atoms with Crippen LogP contribution in [0.4, 0.5) is 0 Å². The van der Waals surface area contributed by atoms with Gasteiger partial charge in [0.15, 0.2) is 0 Å². The Morgan fingerprint density at radius 1 is 1.60 bits per heavy atom. The number of rotatable bonds is 5. The Morgan fingerprint density at radius 2 is 2.33 bits per heavy atom. The first-order chi connectivity index (χ1) is 7.15. The van der Waals surface area contributed by atoms with Crippen LogP contribution in [0.25, 0.3) is 0 Å². The van der Waals surface area contributed by atoms with Crippen LogP contribution >= 0.6 is 0 Å². The zero-order valence-electron chi connectivity index (χ0n) is 8.74. The molecule has 0 heterocycles. The fraction of sp³-hybridized carbons (Fsp3) is 0.667. The van der Waals surface area contributed by atoms with Crippen LogP contribution in [0.3, 0.4) is 0 Å². The molecule has 0 aromatic heterocycles. The molecular formula is C12H16O3. The number of carboxylic acids is 1. The number of Topliss-reactive ketones (excluding diaryl/α,β-unsaturated/α-hetero) is 1. The van der Waals surface area contributed by atoms with E-state index in [2.05, 4.69) is 5.92 Å². The number of carbonyl (C=O) groups excluding carboxylic acids is 1. The lowest BCUT2D eigenvalue weighted by Crippen LogP contribution is -2.17. The SMILES string of the molecule is C#CCCCC1C(=O)CCC1CC(=O)O. The molecule has 0 radical (unpaired) electrons. The predicted octanol–water partition coefficient (Wildman–Crippen LogP) is 1.86. The molecule has 3 heteroatoms. The number of ketones is 1. The number of aliphatic carboxylic acids is 1. The van der Waals surface area contributed by atoms with Gasteiger partial charge in [-0.15, -0.1) is 12.3 Å². The van der Waals surface area contributed by atoms with E-state index in [0.29, 0.717) is 12.8 Å². The average Bonchev–Trinajstić information content (AvgIpc) is 2.49. The minimum atomic E-state index is -0.809. The van der Waals surface area contributed by atoms with Gasteiger partial charge in [0.2, 0.25) is 0 Å². The Hall–Kier alpha value is -1.30. The second-order valence-corrected chi connectivity index (χ2v) is 4.07. The van der Waals surface area contributed by atoms with Crippen molar-refractivity contribution >= 4 is 11.8 Å². The fourth-order valence-corrected chi connectivity index (χ4v) is 2.27. The first-order valence-electron chi connectivity index (χ1n) is 5.33. The van der Waals surface area contributed by atoms with Crippen molar-refractivity contribution in [1.29, 1.82) is 0 Å². The van der Waals surface area contributed by atoms with Crippen LogP contribution in [0.1, 0.15) is 38.5 Å². The van der Waals surface area contributed by atoms with Crippen LogP contribution in [0.5, 0.6) is 0 Å². The van der Waals surface area contributed by atoms with E-state index < -0.39 is 5.97 Å². The van der Waals surface area contributed by atoms with E-state index in [1.54, 1.807) is 0 Å². The van der Waals surface area contributed by atoms with Gasteiger partial charge in [-0.25, -0.2) is 0 Å². The minimum absolute atomic E-state index is 0.0350. The molecule has 82 valence electrons. The Morgan fingerprint density at radius 3 is 2.93 bits per heavy atom. The molecule has 0 aromatic rings. The molecule has 2 unspecified atom stereocenters. The summed E-state index contributed by atoms with van der Waals surface area (Å²) in [5.74, 6) is 1.92. The fourth-order valence-electron chi connectivity index (χ4n) is 2.27. The molecule has 3 nitrogen and oxygen atoms in total. The van der Waals surface area contributed by atoms with Gasteiger partial charge in [0, 0.05) is 25.2 Å². The second-order valence-electron chi connectivity index (χ2n) is 4.07. The van der Waals surface area contributed by atoms with Crippen molar-refractivity contribution in [2.45, 2.75) is 38.5 Å². The lowest BCUT2D eigenvalue weighted by Gasteiger charge is -2.15. The topological polar surface area (TPSA) is 54.4 Å². The highest BCUT2D eigenvalue weighted by molar-refractivity contribution is 5.84. The largest absolute Gasteiger partial charge is 0.481 e. The molecule has 0 bridgehead atoms. The first-order valence-corrected chi connectivity index (χ1v) is 5.33. The van der Waals surface area contributed by atoms with Crippen molar-refractivity contribution in [2.24, 2.45) is 11.8 Å². The summed E-state index contributed by atoms with van der Waals surface area (Å²) in [5, 5.41) is 8.71. The summed E-state index contributed by atoms with van der Waals surface area (Å²) in [6.45, 7) is 0. The highest BCUT2D eigenvalue weighted by Gasteiger charge is 2.34. The lowest BCUT2D eigenvalue weighted by atomic mass is 9.88. The number of hydrogen-bond donors (Lipinski definition) is 1. The maximum Gasteiger partial charge on any atom is 0.303 e. The normalized spacial score (nSPS) is 25.1. The van der Waals surface area contributed by atoms with Gasteiger partial charge >= 0.3 is 5.97 Å². The van der Waals surface area contributed by atoms with Crippen molar-refractivity contribution in [2.75, 3.05) is 0 Å². The summed E-state index contributed by atoms with van der Waals surface area (Å²) < 4.78 is 0. The standard InChI is InChI=1S/C12H16O3/c1-2-3-4-5-10-9(8-12(14)15)6-7-11(10)13/h1,9-10H,3-8H2,(H,14,15). The van der Waals surface area contributed by atoms with Crippen LogP contribution in [-0.4, -0.2) is 16.9 Å². The quantitative estimate of drug-likeness (QED) is 0.554. The minimum Gasteiger partial charge on any atom is -0.481 e. The number of carboxylic acid groups (broad SMARTS) is 1. The van der Waals surface area contributed by atoms with Gasteiger partial charge in [-0.05, 0) is 25.2 Å². The van der Waals surface area contributed by atoms with Crippen LogP contribution in [0.15, 0.2) is 0 Å². The van der Waals surface area contributed by atoms with Gasteiger partial charge in [-0.2, -0.15) is 0 Å². The van der Waals surface area contributed by atoms with E-state index in [4.69, 9.17) is 11.5 Å². The van der Waals surface area contributed by atoms with Gasteiger partial charge in [0.05, 0.1) is 0 Å². The summed E-state index contributed by atoms with van der Waals surface area (Å²) in [4.78, 5) is 22.1. The summed E-state index contributed by atoms with van der Waals surface area (Å²) in [5.41, 5.74) is 0. The number of terminal acetylenes is 1. The van der Waals surface area contributed by atoms with Gasteiger partial charge in [0.25, 0.3) is 0 Å². The Balaban J connectivity index is 2.46. The van der Waals surface area contributed by atoms with E-state index in [0.717, 1.165) is 19.3 Å². The first kappa shape index (κ1) is 11.8. The monoisotopic (exact) mass is 208 g/mol. The van der Waals surface area contributed by atoms with Crippen LogP contribution in [0.2, 0.25) is 0 Å². The molecule has 0 saturated heterocycles. The van der Waals surface area contributed by atoms with Crippen molar-refractivity contribution in [3.8, 4) is 12.3 Å². The zero-order chi connectivity index (χ0) is 11.3. The molecule has 15 heavy (non-hydrogen) atoms. The highest BCUT2D eigenvalue weighted by atomic mass is 16.4. The summed E-state index contributed by atoms with van der Waals surface area (Å²) in [7, 11) is 0. The molecule has 2 atom stereocenters. The van der Waals surface area contributed by atoms with Crippen molar-refractivity contribution < 1.29 is 14.7 Å². The molecule has 0 aliphatic heterocycles. The average molecular weight is 208 g/mol. The van der Waals surface area contributed by atoms with Gasteiger partial charge in [0.1, 0.15) is 5.78 Å². The van der Waals surface area contributed by atoms with Crippen LogP contribution < -0.4 is 0 Å². The van der Waals surface area contributed by atoms with Gasteiger partial charge < -0.3 is 5.11 Å². The summed E-state index contributed by atoms with van der Waals surface area (Å²) in [6, 6.07) is 0. The van der Waals surface area contributed by atoms with E-state index in [1.807, 2.05) is 0 Å². The van der Waals surface area contributed by atoms with Gasteiger partial charge in [-0.3, -0.25) is 9.59 Å². The van der Waals surface area contributed by atoms with Gasteiger partial charge in [-0.1, -0.05) is 0 Å². The molecule has 0 amide bonds. The smallest absolute Gasteiger partial charge is 0.303 e. The maximum atomic E-state index is 11.5. The molecular weight excluding hydrogens is 192 g/mol. The van der Waals surface area contributed by atoms with Crippen molar-refractivity contribution in [1.82, 2.24) is 0 Å². The number of carbonyl (C=O) groups is 2. The molecule has 1 saturated carbocycles. The highest BCUT2D eigenvalue weighted by Crippen LogP contribution is 2.34. The van der Waals surface area contributed by atoms with Crippen LogP contribution in [0, 0.1) is 24.2 Å². The Kier molecular flexibility index (Phi) is 4.36. The molecule has 1 rings (SSSR count). The number of hydrogen-bond acceptors (Lipinski definition) is 2. The summed E-state index contributed by atoms with van der Waals surface area (Å²) in [6.07, 6.45) is 8.76. The van der Waals surface area contributed by atoms with E-state index >= 15 is 0 Å². The molecule has 1 aliphatic rings. The Bertz CT molecular complexity index is 288. The van der Waals surface area contributed by atoms with E-state index in [9.17, 15) is 9.59 Å². The van der Waals surface area contributed by atoms with Crippen LogP contribution in [-0.2, 0) is 9.59 Å². The third kappa shape index (κ3) is 3.39. The molecule has 1 fully saturated rings. The molecule has 1 N–H and O–H groups in total. The molecule has 0 spiro atoms. The maximum absolute atomic E-state index is 11.5. The van der Waals surface area contributed by atoms with Crippen molar-refractivity contribution in [3.63, 3.8) is 0 Å². The predicted molar refractivity (Wildman–Crippen MR) is 56.2 cm³/mol. The second kappa shape index (κ2) is 5.55. The zero-order valence-corrected chi connectivity index (χ0v) is 8.74. The lowest BCUT2D eigenvalue weighted by molar-refractivity contribution is -0.138. The third-order valence-electron chi connectivity index (χ3n) is 3.02.